The van der Waals surface area contributed by atoms with Crippen LogP contribution < -0.4 is 5.32 Å². The van der Waals surface area contributed by atoms with Crippen LogP contribution >= 0.6 is 0 Å². The van der Waals surface area contributed by atoms with Crippen LogP contribution in [-0.4, -0.2) is 33.9 Å². The molecule has 0 saturated carbocycles. The Hall–Kier alpha value is -1.95. The first-order valence-electron chi connectivity index (χ1n) is 6.35. The fourth-order valence-electron chi connectivity index (χ4n) is 1.89. The molecule has 0 aromatic carbocycles. The summed E-state index contributed by atoms with van der Waals surface area (Å²) < 4.78 is 7.06. The molecule has 2 aromatic rings. The van der Waals surface area contributed by atoms with Crippen molar-refractivity contribution in [1.82, 2.24) is 19.7 Å². The molecule has 0 unspecified atom stereocenters. The highest BCUT2D eigenvalue weighted by Gasteiger charge is 2.10. The van der Waals surface area contributed by atoms with E-state index in [0.717, 1.165) is 30.2 Å². The van der Waals surface area contributed by atoms with E-state index in [2.05, 4.69) is 27.3 Å². The summed E-state index contributed by atoms with van der Waals surface area (Å²) in [6.45, 7) is 3.39. The van der Waals surface area contributed by atoms with Crippen molar-refractivity contribution in [1.29, 1.82) is 0 Å². The summed E-state index contributed by atoms with van der Waals surface area (Å²) in [5, 5.41) is 7.36. The van der Waals surface area contributed by atoms with Crippen LogP contribution in [0.4, 0.5) is 5.82 Å². The van der Waals surface area contributed by atoms with Crippen molar-refractivity contribution in [2.45, 2.75) is 26.5 Å². The molecule has 2 rings (SSSR count). The molecule has 0 spiro atoms. The molecule has 6 heteroatoms. The van der Waals surface area contributed by atoms with Gasteiger partial charge >= 0.3 is 0 Å². The van der Waals surface area contributed by atoms with Gasteiger partial charge in [-0.1, -0.05) is 6.92 Å². The van der Waals surface area contributed by atoms with Gasteiger partial charge in [-0.2, -0.15) is 5.10 Å². The van der Waals surface area contributed by atoms with Crippen LogP contribution in [-0.2, 0) is 17.9 Å². The number of anilines is 1. The summed E-state index contributed by atoms with van der Waals surface area (Å²) >= 11 is 0. The van der Waals surface area contributed by atoms with E-state index in [0.29, 0.717) is 12.4 Å². The lowest BCUT2D eigenvalue weighted by Crippen LogP contribution is -2.06. The Labute approximate surface area is 112 Å². The Morgan fingerprint density at radius 2 is 2.21 bits per heavy atom. The van der Waals surface area contributed by atoms with E-state index in [9.17, 15) is 0 Å². The van der Waals surface area contributed by atoms with E-state index in [4.69, 9.17) is 4.74 Å². The number of nitrogens with zero attached hydrogens (tertiary/aromatic N) is 4. The lowest BCUT2D eigenvalue weighted by Gasteiger charge is -2.09. The minimum absolute atomic E-state index is 0.393. The Kier molecular flexibility index (Phi) is 4.46. The number of aryl methyl sites for hydroxylation is 1. The first-order chi connectivity index (χ1) is 9.28. The number of aromatic nitrogens is 4. The third-order valence-electron chi connectivity index (χ3n) is 2.72. The van der Waals surface area contributed by atoms with E-state index in [1.54, 1.807) is 13.3 Å². The minimum atomic E-state index is 0.393. The second-order valence-electron chi connectivity index (χ2n) is 4.18. The number of hydrogen-bond donors (Lipinski definition) is 1. The van der Waals surface area contributed by atoms with Crippen LogP contribution in [0, 0.1) is 0 Å². The van der Waals surface area contributed by atoms with Gasteiger partial charge in [0.1, 0.15) is 12.4 Å². The fraction of sp³-hybridized carbons (Fsp3) is 0.462. The molecular weight excluding hydrogens is 242 g/mol. The van der Waals surface area contributed by atoms with Crippen LogP contribution in [0.1, 0.15) is 19.2 Å². The van der Waals surface area contributed by atoms with Gasteiger partial charge in [0.05, 0.1) is 11.4 Å². The van der Waals surface area contributed by atoms with Crippen molar-refractivity contribution in [3.63, 3.8) is 0 Å². The van der Waals surface area contributed by atoms with Crippen molar-refractivity contribution in [2.24, 2.45) is 0 Å². The predicted molar refractivity (Wildman–Crippen MR) is 73.8 cm³/mol. The Balaban J connectivity index is 2.42. The maximum absolute atomic E-state index is 5.10. The third kappa shape index (κ3) is 3.08. The first-order valence-corrected chi connectivity index (χ1v) is 6.35. The molecule has 0 amide bonds. The minimum Gasteiger partial charge on any atom is -0.377 e. The van der Waals surface area contributed by atoms with Gasteiger partial charge in [0, 0.05) is 33.0 Å². The zero-order valence-corrected chi connectivity index (χ0v) is 11.6. The van der Waals surface area contributed by atoms with Crippen LogP contribution in [0.15, 0.2) is 18.3 Å². The van der Waals surface area contributed by atoms with Crippen LogP contribution in [0.2, 0.25) is 0 Å². The maximum atomic E-state index is 5.10. The van der Waals surface area contributed by atoms with Crippen LogP contribution in [0.5, 0.6) is 0 Å². The quantitative estimate of drug-likeness (QED) is 0.860. The number of ether oxygens (including phenoxy) is 1. The largest absolute Gasteiger partial charge is 0.377 e. The van der Waals surface area contributed by atoms with Gasteiger partial charge in [0.25, 0.3) is 0 Å². The SMILES string of the molecule is CCCn1nccc1-c1cc(NC)nc(COC)n1. The van der Waals surface area contributed by atoms with Gasteiger partial charge in [0.15, 0.2) is 5.82 Å². The zero-order chi connectivity index (χ0) is 13.7. The Morgan fingerprint density at radius 1 is 1.37 bits per heavy atom. The maximum Gasteiger partial charge on any atom is 0.157 e. The molecule has 19 heavy (non-hydrogen) atoms. The molecule has 6 nitrogen and oxygen atoms in total. The van der Waals surface area contributed by atoms with Gasteiger partial charge in [0.2, 0.25) is 0 Å². The van der Waals surface area contributed by atoms with E-state index in [-0.39, 0.29) is 0 Å². The van der Waals surface area contributed by atoms with E-state index >= 15 is 0 Å². The second-order valence-corrected chi connectivity index (χ2v) is 4.18. The van der Waals surface area contributed by atoms with E-state index < -0.39 is 0 Å². The normalized spacial score (nSPS) is 10.7. The Morgan fingerprint density at radius 3 is 2.89 bits per heavy atom. The predicted octanol–water partition coefficient (Wildman–Crippen LogP) is 1.94. The lowest BCUT2D eigenvalue weighted by atomic mass is 10.2. The van der Waals surface area contributed by atoms with Gasteiger partial charge in [-0.25, -0.2) is 9.97 Å². The Bertz CT molecular complexity index is 538. The summed E-state index contributed by atoms with van der Waals surface area (Å²) in [7, 11) is 3.47. The summed E-state index contributed by atoms with van der Waals surface area (Å²) in [6, 6.07) is 3.89. The van der Waals surface area contributed by atoms with Gasteiger partial charge in [-0.05, 0) is 12.5 Å². The molecule has 0 aliphatic carbocycles. The third-order valence-corrected chi connectivity index (χ3v) is 2.72. The molecule has 0 radical (unpaired) electrons. The van der Waals surface area contributed by atoms with Crippen molar-refractivity contribution >= 4 is 5.82 Å². The standard InChI is InChI=1S/C13H19N5O/c1-4-7-18-11(5-6-15-18)10-8-12(14-2)17-13(16-10)9-19-3/h5-6,8H,4,7,9H2,1-3H3,(H,14,16,17). The van der Waals surface area contributed by atoms with Gasteiger partial charge in [-0.15, -0.1) is 0 Å². The molecular formula is C13H19N5O. The summed E-state index contributed by atoms with van der Waals surface area (Å²) in [5.74, 6) is 1.44. The zero-order valence-electron chi connectivity index (χ0n) is 11.6. The molecule has 102 valence electrons. The summed E-state index contributed by atoms with van der Waals surface area (Å²) in [6.07, 6.45) is 2.83. The van der Waals surface area contributed by atoms with Crippen molar-refractivity contribution in [2.75, 3.05) is 19.5 Å². The fourth-order valence-corrected chi connectivity index (χ4v) is 1.89. The average molecular weight is 261 g/mol. The molecule has 0 aliphatic heterocycles. The smallest absolute Gasteiger partial charge is 0.157 e. The molecule has 0 saturated heterocycles. The number of nitrogens with one attached hydrogen (secondary N) is 1. The second kappa shape index (κ2) is 6.29. The first kappa shape index (κ1) is 13.5. The van der Waals surface area contributed by atoms with Crippen molar-refractivity contribution < 1.29 is 4.74 Å². The van der Waals surface area contributed by atoms with Gasteiger partial charge < -0.3 is 10.1 Å². The lowest BCUT2D eigenvalue weighted by molar-refractivity contribution is 0.178. The summed E-state index contributed by atoms with van der Waals surface area (Å²) in [4.78, 5) is 8.87. The highest BCUT2D eigenvalue weighted by atomic mass is 16.5. The topological polar surface area (TPSA) is 64.9 Å². The molecule has 0 aliphatic rings. The summed E-state index contributed by atoms with van der Waals surface area (Å²) in [5.41, 5.74) is 1.86. The van der Waals surface area contributed by atoms with E-state index in [1.165, 1.54) is 0 Å². The van der Waals surface area contributed by atoms with Crippen molar-refractivity contribution in [3.05, 3.63) is 24.2 Å². The molecule has 0 bridgehead atoms. The monoisotopic (exact) mass is 261 g/mol. The average Bonchev–Trinajstić information content (AvgIpc) is 2.87. The van der Waals surface area contributed by atoms with E-state index in [1.807, 2.05) is 23.9 Å². The molecule has 1 N–H and O–H groups in total. The molecule has 0 fully saturated rings. The van der Waals surface area contributed by atoms with Crippen LogP contribution in [0.25, 0.3) is 11.4 Å². The highest BCUT2D eigenvalue weighted by molar-refractivity contribution is 5.58. The molecule has 2 aromatic heterocycles. The van der Waals surface area contributed by atoms with Crippen LogP contribution in [0.3, 0.4) is 0 Å². The number of rotatable bonds is 6. The van der Waals surface area contributed by atoms with Gasteiger partial charge in [-0.3, -0.25) is 4.68 Å². The van der Waals surface area contributed by atoms with Crippen molar-refractivity contribution in [3.8, 4) is 11.4 Å². The molecule has 0 atom stereocenters. The highest BCUT2D eigenvalue weighted by Crippen LogP contribution is 2.20. The number of hydrogen-bond acceptors (Lipinski definition) is 5. The number of methoxy groups -OCH3 is 1. The molecule has 2 heterocycles.